The summed E-state index contributed by atoms with van der Waals surface area (Å²) in [6, 6.07) is 8.04. The molecule has 1 saturated heterocycles. The predicted octanol–water partition coefficient (Wildman–Crippen LogP) is 3.66. The molecule has 0 amide bonds. The van der Waals surface area contributed by atoms with Gasteiger partial charge in [0.1, 0.15) is 0 Å². The van der Waals surface area contributed by atoms with E-state index in [1.54, 1.807) is 0 Å². The van der Waals surface area contributed by atoms with E-state index in [0.717, 1.165) is 68.2 Å². The average molecular weight is 541 g/mol. The highest BCUT2D eigenvalue weighted by atomic mass is 127. The maximum Gasteiger partial charge on any atom is 0.308 e. The molecule has 0 radical (unpaired) electrons. The molecular formula is C22H32IN5O3. The quantitative estimate of drug-likeness (QED) is 0.248. The van der Waals surface area contributed by atoms with Gasteiger partial charge in [-0.3, -0.25) is 4.79 Å². The van der Waals surface area contributed by atoms with Gasteiger partial charge in [0.05, 0.1) is 19.6 Å². The number of nitrogens with one attached hydrogen (secondary N) is 1. The zero-order valence-corrected chi connectivity index (χ0v) is 20.8. The Hall–Kier alpha value is -2.17. The molecule has 170 valence electrons. The first-order chi connectivity index (χ1) is 14.6. The number of carbonyl (C=O) groups excluding carboxylic acids is 1. The van der Waals surface area contributed by atoms with Gasteiger partial charge in [-0.15, -0.1) is 24.0 Å². The van der Waals surface area contributed by atoms with Crippen molar-refractivity contribution in [1.82, 2.24) is 20.4 Å². The second kappa shape index (κ2) is 12.6. The van der Waals surface area contributed by atoms with Crippen molar-refractivity contribution >= 4 is 35.9 Å². The number of aromatic nitrogens is 2. The van der Waals surface area contributed by atoms with E-state index in [9.17, 15) is 4.79 Å². The highest BCUT2D eigenvalue weighted by Gasteiger charge is 2.26. The number of nitrogens with zero attached hydrogens (tertiary/aromatic N) is 4. The number of benzene rings is 1. The van der Waals surface area contributed by atoms with Gasteiger partial charge in [0.25, 0.3) is 5.89 Å². The molecule has 31 heavy (non-hydrogen) atoms. The van der Waals surface area contributed by atoms with Crippen molar-refractivity contribution in [3.8, 4) is 11.5 Å². The molecule has 0 atom stereocenters. The van der Waals surface area contributed by atoms with Crippen molar-refractivity contribution in [3.05, 3.63) is 35.7 Å². The Balaban J connectivity index is 0.00000341. The van der Waals surface area contributed by atoms with Crippen molar-refractivity contribution in [3.63, 3.8) is 0 Å². The third-order valence-electron chi connectivity index (χ3n) is 5.19. The van der Waals surface area contributed by atoms with Crippen LogP contribution in [0.25, 0.3) is 11.5 Å². The summed E-state index contributed by atoms with van der Waals surface area (Å²) in [5.41, 5.74) is 1.98. The van der Waals surface area contributed by atoms with Gasteiger partial charge in [-0.2, -0.15) is 4.98 Å². The molecule has 2 aromatic rings. The number of methoxy groups -OCH3 is 1. The minimum atomic E-state index is -0.114. The van der Waals surface area contributed by atoms with Gasteiger partial charge in [0.2, 0.25) is 0 Å². The third kappa shape index (κ3) is 6.91. The first-order valence-corrected chi connectivity index (χ1v) is 10.7. The van der Waals surface area contributed by atoms with Gasteiger partial charge < -0.3 is 19.5 Å². The molecule has 9 heteroatoms. The van der Waals surface area contributed by atoms with Crippen LogP contribution in [0.5, 0.6) is 0 Å². The minimum Gasteiger partial charge on any atom is -0.469 e. The molecule has 0 saturated carbocycles. The van der Waals surface area contributed by atoms with Crippen LogP contribution in [0, 0.1) is 5.92 Å². The maximum atomic E-state index is 11.8. The minimum absolute atomic E-state index is 0. The number of likely N-dealkylation sites (tertiary alicyclic amines) is 1. The molecule has 1 aliphatic heterocycles. The van der Waals surface area contributed by atoms with Crippen molar-refractivity contribution in [2.24, 2.45) is 10.9 Å². The monoisotopic (exact) mass is 541 g/mol. The number of aryl methyl sites for hydroxylation is 1. The molecule has 1 aromatic heterocycles. The number of aliphatic imine (C=N–C) groups is 1. The Kier molecular flexibility index (Phi) is 10.2. The van der Waals surface area contributed by atoms with Crippen molar-refractivity contribution < 1.29 is 14.1 Å². The Morgan fingerprint density at radius 1 is 1.32 bits per heavy atom. The summed E-state index contributed by atoms with van der Waals surface area (Å²) in [5.74, 6) is 2.02. The van der Waals surface area contributed by atoms with Crippen LogP contribution in [0.2, 0.25) is 0 Å². The molecule has 1 fully saturated rings. The van der Waals surface area contributed by atoms with Gasteiger partial charge in [-0.05, 0) is 43.9 Å². The van der Waals surface area contributed by atoms with E-state index in [1.165, 1.54) is 7.11 Å². The zero-order valence-electron chi connectivity index (χ0n) is 18.5. The highest BCUT2D eigenvalue weighted by Crippen LogP contribution is 2.21. The molecule has 1 aliphatic rings. The summed E-state index contributed by atoms with van der Waals surface area (Å²) in [6.45, 7) is 7.05. The zero-order chi connectivity index (χ0) is 21.3. The molecule has 3 rings (SSSR count). The number of hydrogen-bond acceptors (Lipinski definition) is 6. The van der Waals surface area contributed by atoms with Crippen molar-refractivity contribution in [1.29, 1.82) is 0 Å². The average Bonchev–Trinajstić information content (AvgIpc) is 3.25. The Morgan fingerprint density at radius 3 is 2.77 bits per heavy atom. The lowest BCUT2D eigenvalue weighted by Gasteiger charge is -2.33. The number of esters is 1. The fraction of sp³-hybridized carbons (Fsp3) is 0.545. The Bertz CT molecular complexity index is 862. The van der Waals surface area contributed by atoms with Crippen LogP contribution < -0.4 is 5.32 Å². The van der Waals surface area contributed by atoms with E-state index in [1.807, 2.05) is 24.3 Å². The first-order valence-electron chi connectivity index (χ1n) is 10.7. The lowest BCUT2D eigenvalue weighted by Crippen LogP contribution is -2.46. The lowest BCUT2D eigenvalue weighted by molar-refractivity contribution is -0.146. The molecule has 1 aromatic carbocycles. The fourth-order valence-corrected chi connectivity index (χ4v) is 3.58. The van der Waals surface area contributed by atoms with E-state index in [2.05, 4.69) is 34.2 Å². The molecule has 0 bridgehead atoms. The van der Waals surface area contributed by atoms with Gasteiger partial charge >= 0.3 is 5.97 Å². The van der Waals surface area contributed by atoms with Crippen LogP contribution in [0.4, 0.5) is 0 Å². The normalized spacial score (nSPS) is 14.8. The summed E-state index contributed by atoms with van der Waals surface area (Å²) in [7, 11) is 1.45. The maximum absolute atomic E-state index is 11.8. The van der Waals surface area contributed by atoms with Crippen LogP contribution in [-0.2, 0) is 22.5 Å². The molecule has 0 unspecified atom stereocenters. The number of ether oxygens (including phenoxy) is 1. The van der Waals surface area contributed by atoms with Crippen LogP contribution in [0.3, 0.4) is 0 Å². The lowest BCUT2D eigenvalue weighted by atomic mass is 9.97. The van der Waals surface area contributed by atoms with E-state index < -0.39 is 0 Å². The van der Waals surface area contributed by atoms with Gasteiger partial charge in [0.15, 0.2) is 11.8 Å². The van der Waals surface area contributed by atoms with Gasteiger partial charge in [-0.1, -0.05) is 24.2 Å². The second-order valence-electron chi connectivity index (χ2n) is 7.42. The van der Waals surface area contributed by atoms with Crippen molar-refractivity contribution in [2.75, 3.05) is 26.7 Å². The van der Waals surface area contributed by atoms with Gasteiger partial charge in [0, 0.05) is 31.6 Å². The van der Waals surface area contributed by atoms with Crippen LogP contribution in [0.15, 0.2) is 33.8 Å². The molecule has 2 heterocycles. The van der Waals surface area contributed by atoms with Crippen LogP contribution in [-0.4, -0.2) is 53.7 Å². The van der Waals surface area contributed by atoms with E-state index >= 15 is 0 Å². The number of piperidine rings is 1. The van der Waals surface area contributed by atoms with Crippen LogP contribution >= 0.6 is 24.0 Å². The summed E-state index contributed by atoms with van der Waals surface area (Å²) in [5, 5.41) is 7.40. The number of rotatable bonds is 7. The molecule has 0 spiro atoms. The molecule has 1 N–H and O–H groups in total. The third-order valence-corrected chi connectivity index (χ3v) is 5.19. The molecule has 8 nitrogen and oxygen atoms in total. The largest absolute Gasteiger partial charge is 0.469 e. The summed E-state index contributed by atoms with van der Waals surface area (Å²) in [6.07, 6.45) is 3.36. The van der Waals surface area contributed by atoms with E-state index in [-0.39, 0.29) is 35.9 Å². The predicted molar refractivity (Wildman–Crippen MR) is 130 cm³/mol. The number of halogens is 1. The van der Waals surface area contributed by atoms with Crippen LogP contribution in [0.1, 0.15) is 44.5 Å². The van der Waals surface area contributed by atoms with Crippen molar-refractivity contribution in [2.45, 2.75) is 46.1 Å². The van der Waals surface area contributed by atoms with E-state index in [0.29, 0.717) is 12.4 Å². The Labute approximate surface area is 200 Å². The second-order valence-corrected chi connectivity index (χ2v) is 7.42. The summed E-state index contributed by atoms with van der Waals surface area (Å²) >= 11 is 0. The van der Waals surface area contributed by atoms with E-state index in [4.69, 9.17) is 14.3 Å². The first kappa shape index (κ1) is 25.1. The SMILES string of the molecule is CCCc1noc(-c2cccc(CN=C(NCC)N3CCC(C(=O)OC)CC3)c2)n1.I. The topological polar surface area (TPSA) is 92.9 Å². The number of hydrogen-bond donors (Lipinski definition) is 1. The summed E-state index contributed by atoms with van der Waals surface area (Å²) in [4.78, 5) is 23.3. The summed E-state index contributed by atoms with van der Waals surface area (Å²) < 4.78 is 10.3. The Morgan fingerprint density at radius 2 is 2.10 bits per heavy atom. The number of guanidine groups is 1. The fourth-order valence-electron chi connectivity index (χ4n) is 3.58. The standard InChI is InChI=1S/C22H31N5O3.HI/c1-4-7-19-25-20(30-26-19)18-9-6-8-16(14-18)15-24-22(23-5-2)27-12-10-17(11-13-27)21(28)29-3;/h6,8-9,14,17H,4-5,7,10-13,15H2,1-3H3,(H,23,24);1H. The molecular weight excluding hydrogens is 509 g/mol. The smallest absolute Gasteiger partial charge is 0.308 e. The number of carbonyl (C=O) groups is 1. The highest BCUT2D eigenvalue weighted by molar-refractivity contribution is 14.0. The van der Waals surface area contributed by atoms with Gasteiger partial charge in [-0.25, -0.2) is 4.99 Å². The molecule has 0 aliphatic carbocycles.